The summed E-state index contributed by atoms with van der Waals surface area (Å²) >= 11 is 0. The maximum Gasteiger partial charge on any atom is 0.272 e. The second-order valence-electron chi connectivity index (χ2n) is 9.03. The predicted octanol–water partition coefficient (Wildman–Crippen LogP) is 3.47. The maximum absolute atomic E-state index is 13.0. The number of nitrogens with zero attached hydrogens (tertiary/aromatic N) is 3. The molecule has 0 saturated carbocycles. The Kier molecular flexibility index (Phi) is 7.22. The van der Waals surface area contributed by atoms with Crippen LogP contribution in [0.4, 0.5) is 0 Å². The number of aliphatic hydroxyl groups is 1. The first-order chi connectivity index (χ1) is 15.5. The third kappa shape index (κ3) is 5.19. The fourth-order valence-electron chi connectivity index (χ4n) is 4.77. The highest BCUT2D eigenvalue weighted by molar-refractivity contribution is 5.94. The van der Waals surface area contributed by atoms with Gasteiger partial charge in [-0.05, 0) is 37.7 Å². The van der Waals surface area contributed by atoms with Gasteiger partial charge in [-0.2, -0.15) is 5.10 Å². The first-order valence-corrected chi connectivity index (χ1v) is 11.6. The average molecular weight is 435 g/mol. The van der Waals surface area contributed by atoms with Crippen molar-refractivity contribution in [2.45, 2.75) is 52.2 Å². The number of hydrogen-bond donors (Lipinski definition) is 2. The van der Waals surface area contributed by atoms with Gasteiger partial charge in [0.15, 0.2) is 5.69 Å². The van der Waals surface area contributed by atoms with Crippen LogP contribution in [0.2, 0.25) is 0 Å². The Bertz CT molecular complexity index is 993. The number of rotatable bonds is 8. The van der Waals surface area contributed by atoms with Crippen molar-refractivity contribution in [1.82, 2.24) is 20.0 Å². The van der Waals surface area contributed by atoms with Crippen LogP contribution in [0.25, 0.3) is 0 Å². The van der Waals surface area contributed by atoms with E-state index >= 15 is 0 Å². The largest absolute Gasteiger partial charge is 0.394 e. The molecule has 4 rings (SSSR count). The molecule has 32 heavy (non-hydrogen) atoms. The molecule has 1 aliphatic carbocycles. The minimum absolute atomic E-state index is 0.0136. The fraction of sp³-hybridized carbons (Fsp3) is 0.462. The molecule has 6 heteroatoms. The van der Waals surface area contributed by atoms with Crippen LogP contribution in [0.3, 0.4) is 0 Å². The van der Waals surface area contributed by atoms with Gasteiger partial charge in [0.05, 0.1) is 13.2 Å². The zero-order chi connectivity index (χ0) is 22.5. The van der Waals surface area contributed by atoms with Gasteiger partial charge in [0.25, 0.3) is 5.91 Å². The summed E-state index contributed by atoms with van der Waals surface area (Å²) in [5.41, 5.74) is 6.42. The van der Waals surface area contributed by atoms with Crippen LogP contribution in [-0.4, -0.2) is 45.4 Å². The maximum atomic E-state index is 13.0. The molecular formula is C26H34N4O2. The van der Waals surface area contributed by atoms with Crippen LogP contribution in [0.1, 0.15) is 53.5 Å². The molecule has 6 nitrogen and oxygen atoms in total. The molecule has 0 bridgehead atoms. The monoisotopic (exact) mass is 434 g/mol. The number of carbonyl (C=O) groups excluding carboxylic acids is 1. The first-order valence-electron chi connectivity index (χ1n) is 11.6. The third-order valence-electron chi connectivity index (χ3n) is 6.66. The minimum Gasteiger partial charge on any atom is -0.394 e. The topological polar surface area (TPSA) is 70.4 Å². The van der Waals surface area contributed by atoms with Crippen LogP contribution >= 0.6 is 0 Å². The van der Waals surface area contributed by atoms with Crippen LogP contribution < -0.4 is 5.32 Å². The minimum atomic E-state index is -0.148. The fourth-order valence-corrected chi connectivity index (χ4v) is 4.77. The van der Waals surface area contributed by atoms with E-state index in [2.05, 4.69) is 34.9 Å². The van der Waals surface area contributed by atoms with E-state index in [-0.39, 0.29) is 12.5 Å². The van der Waals surface area contributed by atoms with Gasteiger partial charge in [0.2, 0.25) is 0 Å². The van der Waals surface area contributed by atoms with Gasteiger partial charge >= 0.3 is 0 Å². The Labute approximate surface area is 190 Å². The predicted molar refractivity (Wildman–Crippen MR) is 126 cm³/mol. The van der Waals surface area contributed by atoms with Crippen molar-refractivity contribution in [3.8, 4) is 0 Å². The van der Waals surface area contributed by atoms with Crippen molar-refractivity contribution in [2.24, 2.45) is 5.92 Å². The summed E-state index contributed by atoms with van der Waals surface area (Å²) in [6.45, 7) is 9.76. The average Bonchev–Trinajstić information content (AvgIpc) is 3.16. The van der Waals surface area contributed by atoms with E-state index in [4.69, 9.17) is 0 Å². The molecule has 2 aromatic rings. The Balaban J connectivity index is 1.46. The SMILES string of the molecule is C=C(C)C1CC=C(CN2CCc3c(c(C(=O)NCc4ccccc4)nn3CCO)C2)CC1. The van der Waals surface area contributed by atoms with Crippen molar-refractivity contribution < 1.29 is 9.90 Å². The van der Waals surface area contributed by atoms with Gasteiger partial charge in [0.1, 0.15) is 0 Å². The third-order valence-corrected chi connectivity index (χ3v) is 6.66. The molecule has 0 spiro atoms. The van der Waals surface area contributed by atoms with Gasteiger partial charge in [-0.3, -0.25) is 14.4 Å². The van der Waals surface area contributed by atoms with Gasteiger partial charge in [-0.1, -0.05) is 54.1 Å². The zero-order valence-corrected chi connectivity index (χ0v) is 19.0. The number of aliphatic hydroxyl groups excluding tert-OH is 1. The lowest BCUT2D eigenvalue weighted by Crippen LogP contribution is -2.34. The molecule has 2 heterocycles. The van der Waals surface area contributed by atoms with Gasteiger partial charge < -0.3 is 10.4 Å². The van der Waals surface area contributed by atoms with E-state index in [0.29, 0.717) is 24.7 Å². The number of aromatic nitrogens is 2. The molecule has 1 aliphatic heterocycles. The Morgan fingerprint density at radius 2 is 2.09 bits per heavy atom. The molecule has 1 unspecified atom stereocenters. The van der Waals surface area contributed by atoms with Crippen LogP contribution in [0.15, 0.2) is 54.1 Å². The lowest BCUT2D eigenvalue weighted by atomic mass is 9.85. The van der Waals surface area contributed by atoms with Gasteiger partial charge in [-0.15, -0.1) is 0 Å². The van der Waals surface area contributed by atoms with Crippen LogP contribution in [0, 0.1) is 5.92 Å². The summed E-state index contributed by atoms with van der Waals surface area (Å²) in [6, 6.07) is 9.90. The quantitative estimate of drug-likeness (QED) is 0.624. The summed E-state index contributed by atoms with van der Waals surface area (Å²) in [7, 11) is 0. The summed E-state index contributed by atoms with van der Waals surface area (Å²) in [6.07, 6.45) is 6.62. The van der Waals surface area contributed by atoms with Crippen molar-refractivity contribution in [2.75, 3.05) is 19.7 Å². The lowest BCUT2D eigenvalue weighted by molar-refractivity contribution is 0.0942. The summed E-state index contributed by atoms with van der Waals surface area (Å²) in [5, 5.41) is 17.1. The van der Waals surface area contributed by atoms with E-state index in [1.807, 2.05) is 35.0 Å². The first kappa shape index (κ1) is 22.5. The van der Waals surface area contributed by atoms with Crippen LogP contribution in [-0.2, 0) is 26.1 Å². The number of benzene rings is 1. The highest BCUT2D eigenvalue weighted by Gasteiger charge is 2.28. The smallest absolute Gasteiger partial charge is 0.272 e. The number of fused-ring (bicyclic) bond motifs is 1. The zero-order valence-electron chi connectivity index (χ0n) is 19.0. The molecule has 0 radical (unpaired) electrons. The Morgan fingerprint density at radius 1 is 1.28 bits per heavy atom. The molecule has 0 fully saturated rings. The molecule has 2 aliphatic rings. The molecule has 1 atom stereocenters. The van der Waals surface area contributed by atoms with E-state index < -0.39 is 0 Å². The highest BCUT2D eigenvalue weighted by atomic mass is 16.3. The normalized spacial score (nSPS) is 18.7. The van der Waals surface area contributed by atoms with Crippen LogP contribution in [0.5, 0.6) is 0 Å². The van der Waals surface area contributed by atoms with E-state index in [0.717, 1.165) is 55.7 Å². The number of allylic oxidation sites excluding steroid dienone is 2. The van der Waals surface area contributed by atoms with Crippen molar-refractivity contribution in [3.05, 3.63) is 76.6 Å². The molecule has 1 aromatic carbocycles. The second kappa shape index (κ2) is 10.3. The second-order valence-corrected chi connectivity index (χ2v) is 9.03. The number of nitrogens with one attached hydrogen (secondary N) is 1. The Morgan fingerprint density at radius 3 is 2.78 bits per heavy atom. The molecule has 170 valence electrons. The molecule has 1 aromatic heterocycles. The van der Waals surface area contributed by atoms with E-state index in [1.165, 1.54) is 17.6 Å². The van der Waals surface area contributed by atoms with Gasteiger partial charge in [-0.25, -0.2) is 0 Å². The highest BCUT2D eigenvalue weighted by Crippen LogP contribution is 2.30. The molecular weight excluding hydrogens is 400 g/mol. The van der Waals surface area contributed by atoms with Crippen molar-refractivity contribution in [1.29, 1.82) is 0 Å². The Hall–Kier alpha value is -2.70. The summed E-state index contributed by atoms with van der Waals surface area (Å²) in [5.74, 6) is 0.466. The molecule has 2 N–H and O–H groups in total. The standard InChI is InChI=1S/C26H34N4O2/c1-19(2)22-10-8-21(9-11-22)17-29-13-12-24-23(18-29)25(28-30(24)14-15-31)26(32)27-16-20-6-4-3-5-7-20/h3-8,22,31H,1,9-18H2,2H3,(H,27,32). The molecule has 1 amide bonds. The summed E-state index contributed by atoms with van der Waals surface area (Å²) < 4.78 is 1.82. The number of hydrogen-bond acceptors (Lipinski definition) is 4. The molecule has 0 saturated heterocycles. The lowest BCUT2D eigenvalue weighted by Gasteiger charge is -2.30. The number of amides is 1. The van der Waals surface area contributed by atoms with E-state index in [9.17, 15) is 9.90 Å². The van der Waals surface area contributed by atoms with Crippen molar-refractivity contribution in [3.63, 3.8) is 0 Å². The summed E-state index contributed by atoms with van der Waals surface area (Å²) in [4.78, 5) is 15.4. The van der Waals surface area contributed by atoms with Gasteiger partial charge in [0, 0.05) is 43.9 Å². The number of carbonyl (C=O) groups is 1. The van der Waals surface area contributed by atoms with Crippen molar-refractivity contribution >= 4 is 5.91 Å². The van der Waals surface area contributed by atoms with E-state index in [1.54, 1.807) is 0 Å².